The third-order valence-corrected chi connectivity index (χ3v) is 4.39. The first-order chi connectivity index (χ1) is 6.70. The number of rotatable bonds is 1. The highest BCUT2D eigenvalue weighted by molar-refractivity contribution is 9.13. The van der Waals surface area contributed by atoms with Gasteiger partial charge >= 0.3 is 0 Å². The van der Waals surface area contributed by atoms with E-state index in [1.807, 2.05) is 6.92 Å². The summed E-state index contributed by atoms with van der Waals surface area (Å²) in [6.07, 6.45) is 2.14. The summed E-state index contributed by atoms with van der Waals surface area (Å²) < 4.78 is 9.52. The van der Waals surface area contributed by atoms with Crippen molar-refractivity contribution in [3.63, 3.8) is 0 Å². The van der Waals surface area contributed by atoms with Crippen LogP contribution in [0, 0.1) is 6.92 Å². The van der Waals surface area contributed by atoms with Gasteiger partial charge in [-0.05, 0) is 51.6 Å². The molecule has 0 saturated carbocycles. The van der Waals surface area contributed by atoms with Crippen molar-refractivity contribution in [1.29, 1.82) is 0 Å². The molecule has 2 rings (SSSR count). The molecule has 1 aliphatic rings. The molecule has 0 spiro atoms. The maximum absolute atomic E-state index is 5.35. The van der Waals surface area contributed by atoms with Gasteiger partial charge in [0.2, 0.25) is 0 Å². The van der Waals surface area contributed by atoms with Crippen LogP contribution in [0.25, 0.3) is 0 Å². The van der Waals surface area contributed by atoms with Crippen molar-refractivity contribution in [3.05, 3.63) is 15.0 Å². The molecule has 3 nitrogen and oxygen atoms in total. The Balaban J connectivity index is 2.29. The van der Waals surface area contributed by atoms with Crippen molar-refractivity contribution in [1.82, 2.24) is 9.55 Å². The summed E-state index contributed by atoms with van der Waals surface area (Å²) in [5.41, 5.74) is 0. The van der Waals surface area contributed by atoms with Gasteiger partial charge in [-0.3, -0.25) is 0 Å². The zero-order chi connectivity index (χ0) is 10.1. The maximum Gasteiger partial charge on any atom is 0.139 e. The Bertz CT molecular complexity index is 332. The van der Waals surface area contributed by atoms with E-state index in [0.29, 0.717) is 6.04 Å². The number of ether oxygens (including phenoxy) is 1. The molecule has 1 fully saturated rings. The average Bonchev–Trinajstić information content (AvgIpc) is 2.43. The van der Waals surface area contributed by atoms with Crippen LogP contribution in [0.4, 0.5) is 0 Å². The molecule has 1 saturated heterocycles. The third-order valence-electron chi connectivity index (χ3n) is 2.55. The fourth-order valence-electron chi connectivity index (χ4n) is 1.85. The zero-order valence-corrected chi connectivity index (χ0v) is 11.1. The van der Waals surface area contributed by atoms with Gasteiger partial charge in [-0.2, -0.15) is 0 Å². The molecular formula is C9H12Br2N2O. The van der Waals surface area contributed by atoms with Crippen LogP contribution in [-0.2, 0) is 4.74 Å². The summed E-state index contributed by atoms with van der Waals surface area (Å²) >= 11 is 6.97. The second-order valence-corrected chi connectivity index (χ2v) is 4.96. The highest BCUT2D eigenvalue weighted by atomic mass is 79.9. The largest absolute Gasteiger partial charge is 0.381 e. The van der Waals surface area contributed by atoms with E-state index in [-0.39, 0.29) is 0 Å². The van der Waals surface area contributed by atoms with Crippen LogP contribution < -0.4 is 0 Å². The number of hydrogen-bond donors (Lipinski definition) is 0. The quantitative estimate of drug-likeness (QED) is 0.794. The number of imidazole rings is 1. The number of aromatic nitrogens is 2. The molecule has 14 heavy (non-hydrogen) atoms. The topological polar surface area (TPSA) is 27.1 Å². The van der Waals surface area contributed by atoms with Gasteiger partial charge in [-0.25, -0.2) is 4.98 Å². The Kier molecular flexibility index (Phi) is 3.29. The lowest BCUT2D eigenvalue weighted by atomic mass is 10.1. The van der Waals surface area contributed by atoms with E-state index in [1.54, 1.807) is 0 Å². The van der Waals surface area contributed by atoms with E-state index in [9.17, 15) is 0 Å². The molecule has 0 amide bonds. The van der Waals surface area contributed by atoms with E-state index < -0.39 is 0 Å². The molecule has 78 valence electrons. The van der Waals surface area contributed by atoms with Gasteiger partial charge in [0.1, 0.15) is 15.0 Å². The minimum Gasteiger partial charge on any atom is -0.381 e. The van der Waals surface area contributed by atoms with Gasteiger partial charge in [0, 0.05) is 19.3 Å². The third kappa shape index (κ3) is 1.90. The molecule has 1 aliphatic heterocycles. The molecule has 0 atom stereocenters. The highest BCUT2D eigenvalue weighted by Gasteiger charge is 2.21. The van der Waals surface area contributed by atoms with Crippen LogP contribution in [0.3, 0.4) is 0 Å². The van der Waals surface area contributed by atoms with Crippen molar-refractivity contribution in [3.8, 4) is 0 Å². The summed E-state index contributed by atoms with van der Waals surface area (Å²) in [5, 5.41) is 0. The number of hydrogen-bond acceptors (Lipinski definition) is 2. The molecule has 5 heteroatoms. The zero-order valence-electron chi connectivity index (χ0n) is 7.96. The molecule has 1 aromatic heterocycles. The van der Waals surface area contributed by atoms with Crippen LogP contribution in [0.2, 0.25) is 0 Å². The fourth-order valence-corrected chi connectivity index (χ4v) is 2.93. The molecule has 1 aromatic rings. The number of nitrogens with zero attached hydrogens (tertiary/aromatic N) is 2. The molecular weight excluding hydrogens is 312 g/mol. The molecule has 2 heterocycles. The molecule has 0 aliphatic carbocycles. The van der Waals surface area contributed by atoms with Crippen LogP contribution in [0.15, 0.2) is 9.21 Å². The standard InChI is InChI=1S/C9H12Br2N2O/c1-6-12-8(10)9(11)13(6)7-2-4-14-5-3-7/h7H,2-5H2,1H3. The van der Waals surface area contributed by atoms with E-state index >= 15 is 0 Å². The first-order valence-corrected chi connectivity index (χ1v) is 6.26. The van der Waals surface area contributed by atoms with Crippen LogP contribution in [-0.4, -0.2) is 22.8 Å². The van der Waals surface area contributed by atoms with E-state index in [4.69, 9.17) is 4.74 Å². The Labute approximate surface area is 100 Å². The van der Waals surface area contributed by atoms with E-state index in [2.05, 4.69) is 41.4 Å². The van der Waals surface area contributed by atoms with E-state index in [1.165, 1.54) is 0 Å². The predicted molar refractivity (Wildman–Crippen MR) is 61.5 cm³/mol. The first kappa shape index (κ1) is 10.6. The number of halogens is 2. The van der Waals surface area contributed by atoms with Gasteiger partial charge in [-0.1, -0.05) is 0 Å². The summed E-state index contributed by atoms with van der Waals surface area (Å²) in [6, 6.07) is 0.525. The Morgan fingerprint density at radius 1 is 1.36 bits per heavy atom. The normalized spacial score (nSPS) is 18.8. The fraction of sp³-hybridized carbons (Fsp3) is 0.667. The van der Waals surface area contributed by atoms with Crippen molar-refractivity contribution in [2.45, 2.75) is 25.8 Å². The Hall–Kier alpha value is 0.130. The van der Waals surface area contributed by atoms with Gasteiger partial charge in [-0.15, -0.1) is 0 Å². The summed E-state index contributed by atoms with van der Waals surface area (Å²) in [5.74, 6) is 1.05. The monoisotopic (exact) mass is 322 g/mol. The van der Waals surface area contributed by atoms with E-state index in [0.717, 1.165) is 41.1 Å². The lowest BCUT2D eigenvalue weighted by Gasteiger charge is -2.25. The van der Waals surface area contributed by atoms with Gasteiger partial charge in [0.05, 0.1) is 0 Å². The second kappa shape index (κ2) is 4.33. The van der Waals surface area contributed by atoms with Gasteiger partial charge in [0.15, 0.2) is 0 Å². The lowest BCUT2D eigenvalue weighted by Crippen LogP contribution is -2.20. The molecule has 0 N–H and O–H groups in total. The maximum atomic E-state index is 5.35. The number of aryl methyl sites for hydroxylation is 1. The smallest absolute Gasteiger partial charge is 0.139 e. The van der Waals surface area contributed by atoms with Crippen LogP contribution in [0.5, 0.6) is 0 Å². The van der Waals surface area contributed by atoms with Crippen molar-refractivity contribution in [2.75, 3.05) is 13.2 Å². The van der Waals surface area contributed by atoms with Crippen LogP contribution in [0.1, 0.15) is 24.7 Å². The minimum absolute atomic E-state index is 0.525. The molecule has 0 unspecified atom stereocenters. The van der Waals surface area contributed by atoms with Gasteiger partial charge < -0.3 is 9.30 Å². The lowest BCUT2D eigenvalue weighted by molar-refractivity contribution is 0.0685. The Morgan fingerprint density at radius 3 is 2.50 bits per heavy atom. The van der Waals surface area contributed by atoms with Crippen molar-refractivity contribution in [2.24, 2.45) is 0 Å². The summed E-state index contributed by atoms with van der Waals surface area (Å²) in [6.45, 7) is 3.74. The summed E-state index contributed by atoms with van der Waals surface area (Å²) in [7, 11) is 0. The van der Waals surface area contributed by atoms with Gasteiger partial charge in [0.25, 0.3) is 0 Å². The molecule has 0 aromatic carbocycles. The average molecular weight is 324 g/mol. The van der Waals surface area contributed by atoms with Crippen LogP contribution >= 0.6 is 31.9 Å². The minimum atomic E-state index is 0.525. The first-order valence-electron chi connectivity index (χ1n) is 4.67. The van der Waals surface area contributed by atoms with Crippen molar-refractivity contribution < 1.29 is 4.74 Å². The SMILES string of the molecule is Cc1nc(Br)c(Br)n1C1CCOCC1. The predicted octanol–water partition coefficient (Wildman–Crippen LogP) is 3.07. The molecule has 0 bridgehead atoms. The highest BCUT2D eigenvalue weighted by Crippen LogP contribution is 2.31. The summed E-state index contributed by atoms with van der Waals surface area (Å²) in [4.78, 5) is 4.38. The Morgan fingerprint density at radius 2 is 2.00 bits per heavy atom. The second-order valence-electron chi connectivity index (χ2n) is 3.45. The van der Waals surface area contributed by atoms with Crippen molar-refractivity contribution >= 4 is 31.9 Å². The molecule has 0 radical (unpaired) electrons.